The molecule has 2 aromatic carbocycles. The van der Waals surface area contributed by atoms with Crippen LogP contribution in [0.2, 0.25) is 0 Å². The van der Waals surface area contributed by atoms with Gasteiger partial charge in [0.25, 0.3) is 5.91 Å². The van der Waals surface area contributed by atoms with Crippen molar-refractivity contribution in [3.8, 4) is 11.5 Å². The SMILES string of the molecule is COc1ccc(C(=O)NCC(=O)NCC(=O)Nc2ccc(F)c(F)c2F)cc1OC. The second-order valence-corrected chi connectivity index (χ2v) is 5.80. The van der Waals surface area contributed by atoms with Gasteiger partial charge in [-0.15, -0.1) is 0 Å². The first-order valence-electron chi connectivity index (χ1n) is 8.47. The zero-order valence-electron chi connectivity index (χ0n) is 16.0. The van der Waals surface area contributed by atoms with E-state index in [2.05, 4.69) is 10.6 Å². The number of rotatable bonds is 8. The third kappa shape index (κ3) is 5.63. The molecule has 0 bridgehead atoms. The van der Waals surface area contributed by atoms with Gasteiger partial charge in [-0.25, -0.2) is 13.2 Å². The molecule has 0 unspecified atom stereocenters. The van der Waals surface area contributed by atoms with E-state index in [1.165, 1.54) is 32.4 Å². The topological polar surface area (TPSA) is 106 Å². The Morgan fingerprint density at radius 1 is 0.833 bits per heavy atom. The maximum atomic E-state index is 13.5. The summed E-state index contributed by atoms with van der Waals surface area (Å²) >= 11 is 0. The van der Waals surface area contributed by atoms with E-state index in [-0.39, 0.29) is 5.56 Å². The van der Waals surface area contributed by atoms with Gasteiger partial charge in [0.1, 0.15) is 0 Å². The van der Waals surface area contributed by atoms with E-state index in [4.69, 9.17) is 9.47 Å². The van der Waals surface area contributed by atoms with E-state index in [1.807, 2.05) is 5.32 Å². The second kappa shape index (κ2) is 10.1. The fourth-order valence-electron chi connectivity index (χ4n) is 2.30. The molecule has 11 heteroatoms. The Morgan fingerprint density at radius 2 is 1.50 bits per heavy atom. The predicted octanol–water partition coefficient (Wildman–Crippen LogP) is 1.61. The first kappa shape index (κ1) is 22.5. The van der Waals surface area contributed by atoms with Crippen molar-refractivity contribution in [2.24, 2.45) is 0 Å². The Bertz CT molecular complexity index is 969. The summed E-state index contributed by atoms with van der Waals surface area (Å²) in [6.07, 6.45) is 0. The third-order valence-electron chi connectivity index (χ3n) is 3.81. The van der Waals surface area contributed by atoms with Crippen LogP contribution in [0.25, 0.3) is 0 Å². The molecule has 0 atom stereocenters. The van der Waals surface area contributed by atoms with Gasteiger partial charge >= 0.3 is 0 Å². The second-order valence-electron chi connectivity index (χ2n) is 5.80. The van der Waals surface area contributed by atoms with Crippen LogP contribution in [-0.2, 0) is 9.59 Å². The van der Waals surface area contributed by atoms with Gasteiger partial charge in [0.2, 0.25) is 11.8 Å². The molecule has 160 valence electrons. The molecule has 3 amide bonds. The quantitative estimate of drug-likeness (QED) is 0.558. The Hall–Kier alpha value is -3.76. The van der Waals surface area contributed by atoms with Gasteiger partial charge in [-0.05, 0) is 30.3 Å². The zero-order valence-corrected chi connectivity index (χ0v) is 16.0. The van der Waals surface area contributed by atoms with E-state index in [0.717, 1.165) is 6.07 Å². The number of hydrogen-bond donors (Lipinski definition) is 3. The van der Waals surface area contributed by atoms with Gasteiger partial charge in [-0.3, -0.25) is 14.4 Å². The number of methoxy groups -OCH3 is 2. The lowest BCUT2D eigenvalue weighted by Crippen LogP contribution is -2.40. The lowest BCUT2D eigenvalue weighted by Gasteiger charge is -2.10. The molecule has 0 aliphatic rings. The predicted molar refractivity (Wildman–Crippen MR) is 99.8 cm³/mol. The fraction of sp³-hybridized carbons (Fsp3) is 0.211. The Kier molecular flexibility index (Phi) is 7.62. The number of hydrogen-bond acceptors (Lipinski definition) is 5. The molecule has 0 fully saturated rings. The maximum Gasteiger partial charge on any atom is 0.251 e. The molecule has 2 rings (SSSR count). The molecule has 0 aliphatic carbocycles. The van der Waals surface area contributed by atoms with Crippen LogP contribution in [0.3, 0.4) is 0 Å². The fourth-order valence-corrected chi connectivity index (χ4v) is 2.30. The summed E-state index contributed by atoms with van der Waals surface area (Å²) in [6.45, 7) is -1.02. The van der Waals surface area contributed by atoms with Crippen LogP contribution in [0.5, 0.6) is 11.5 Å². The summed E-state index contributed by atoms with van der Waals surface area (Å²) in [5.74, 6) is -6.08. The van der Waals surface area contributed by atoms with Crippen LogP contribution >= 0.6 is 0 Å². The molecule has 8 nitrogen and oxygen atoms in total. The number of nitrogens with one attached hydrogen (secondary N) is 3. The average molecular weight is 425 g/mol. The molecule has 3 N–H and O–H groups in total. The van der Waals surface area contributed by atoms with Crippen molar-refractivity contribution in [3.05, 3.63) is 53.3 Å². The van der Waals surface area contributed by atoms with Crippen molar-refractivity contribution in [1.82, 2.24) is 10.6 Å². The highest BCUT2D eigenvalue weighted by Gasteiger charge is 2.16. The van der Waals surface area contributed by atoms with Gasteiger partial charge in [-0.1, -0.05) is 0 Å². The lowest BCUT2D eigenvalue weighted by molar-refractivity contribution is -0.123. The summed E-state index contributed by atoms with van der Waals surface area (Å²) in [4.78, 5) is 35.6. The molecule has 0 saturated heterocycles. The smallest absolute Gasteiger partial charge is 0.251 e. The minimum absolute atomic E-state index is 0.215. The molecule has 0 saturated carbocycles. The molecule has 0 heterocycles. The standard InChI is InChI=1S/C19H18F3N3O5/c1-29-13-6-3-10(7-14(13)30-2)19(28)24-8-15(26)23-9-16(27)25-12-5-4-11(20)17(21)18(12)22/h3-7H,8-9H2,1-2H3,(H,23,26)(H,24,28)(H,25,27). The molecule has 0 spiro atoms. The van der Waals surface area contributed by atoms with Gasteiger partial charge in [0.15, 0.2) is 29.0 Å². The van der Waals surface area contributed by atoms with Crippen LogP contribution in [0.15, 0.2) is 30.3 Å². The highest BCUT2D eigenvalue weighted by atomic mass is 19.2. The van der Waals surface area contributed by atoms with Crippen molar-refractivity contribution in [2.45, 2.75) is 0 Å². The molecular weight excluding hydrogens is 407 g/mol. The third-order valence-corrected chi connectivity index (χ3v) is 3.81. The molecular formula is C19H18F3N3O5. The maximum absolute atomic E-state index is 13.5. The van der Waals surface area contributed by atoms with Crippen LogP contribution in [0.1, 0.15) is 10.4 Å². The summed E-state index contributed by atoms with van der Waals surface area (Å²) in [6, 6.07) is 5.91. The first-order valence-corrected chi connectivity index (χ1v) is 8.47. The molecule has 30 heavy (non-hydrogen) atoms. The largest absolute Gasteiger partial charge is 0.493 e. The van der Waals surface area contributed by atoms with E-state index in [0.29, 0.717) is 17.6 Å². The minimum Gasteiger partial charge on any atom is -0.493 e. The molecule has 0 aromatic heterocycles. The lowest BCUT2D eigenvalue weighted by atomic mass is 10.2. The highest BCUT2D eigenvalue weighted by molar-refractivity contribution is 5.98. The van der Waals surface area contributed by atoms with Gasteiger partial charge in [0.05, 0.1) is 33.0 Å². The first-order chi connectivity index (χ1) is 14.3. The average Bonchev–Trinajstić information content (AvgIpc) is 2.75. The van der Waals surface area contributed by atoms with E-state index >= 15 is 0 Å². The van der Waals surface area contributed by atoms with E-state index in [1.54, 1.807) is 0 Å². The summed E-state index contributed by atoms with van der Waals surface area (Å²) < 4.78 is 49.7. The highest BCUT2D eigenvalue weighted by Crippen LogP contribution is 2.27. The number of halogens is 3. The van der Waals surface area contributed by atoms with Crippen molar-refractivity contribution >= 4 is 23.4 Å². The van der Waals surface area contributed by atoms with Gasteiger partial charge in [0, 0.05) is 5.56 Å². The van der Waals surface area contributed by atoms with Crippen molar-refractivity contribution in [2.75, 3.05) is 32.6 Å². The number of benzene rings is 2. The van der Waals surface area contributed by atoms with E-state index < -0.39 is 54.0 Å². The zero-order chi connectivity index (χ0) is 22.3. The Morgan fingerprint density at radius 3 is 2.17 bits per heavy atom. The van der Waals surface area contributed by atoms with Gasteiger partial charge in [-0.2, -0.15) is 0 Å². The Balaban J connectivity index is 1.83. The van der Waals surface area contributed by atoms with Crippen LogP contribution < -0.4 is 25.4 Å². The van der Waals surface area contributed by atoms with E-state index in [9.17, 15) is 27.6 Å². The number of carbonyl (C=O) groups is 3. The van der Waals surface area contributed by atoms with Crippen molar-refractivity contribution < 1.29 is 37.0 Å². The van der Waals surface area contributed by atoms with Gasteiger partial charge < -0.3 is 25.4 Å². The summed E-state index contributed by atoms with van der Waals surface area (Å²) in [5, 5.41) is 6.55. The number of anilines is 1. The number of ether oxygens (including phenoxy) is 2. The van der Waals surface area contributed by atoms with Crippen LogP contribution in [0, 0.1) is 17.5 Å². The van der Waals surface area contributed by atoms with Crippen molar-refractivity contribution in [3.63, 3.8) is 0 Å². The number of carbonyl (C=O) groups excluding carboxylic acids is 3. The van der Waals surface area contributed by atoms with Crippen LogP contribution in [0.4, 0.5) is 18.9 Å². The summed E-state index contributed by atoms with van der Waals surface area (Å²) in [7, 11) is 2.85. The Labute approximate surface area is 169 Å². The van der Waals surface area contributed by atoms with Crippen LogP contribution in [-0.4, -0.2) is 45.0 Å². The number of amides is 3. The minimum atomic E-state index is -1.73. The summed E-state index contributed by atoms with van der Waals surface area (Å²) in [5.41, 5.74) is -0.359. The molecule has 0 radical (unpaired) electrons. The monoisotopic (exact) mass is 425 g/mol. The normalized spacial score (nSPS) is 10.2. The molecule has 2 aromatic rings. The van der Waals surface area contributed by atoms with Crippen molar-refractivity contribution in [1.29, 1.82) is 0 Å². The molecule has 0 aliphatic heterocycles.